The minimum atomic E-state index is -0.577. The highest BCUT2D eigenvalue weighted by atomic mass is 32.1. The molecule has 4 rings (SSSR count). The SMILES string of the molecule is CC(=O)COc1ccc(C=C2C(=O)NC(=S)N(c3ccc(Oc4ccccc4)cc3)C2=O)cc1. The van der Waals surface area contributed by atoms with Gasteiger partial charge in [0, 0.05) is 0 Å². The molecule has 0 radical (unpaired) electrons. The average molecular weight is 473 g/mol. The second-order valence-electron chi connectivity index (χ2n) is 7.43. The zero-order chi connectivity index (χ0) is 24.1. The molecular formula is C26H20N2O5S. The molecule has 1 saturated heterocycles. The monoisotopic (exact) mass is 472 g/mol. The van der Waals surface area contributed by atoms with Crippen molar-refractivity contribution in [3.05, 3.63) is 90.0 Å². The van der Waals surface area contributed by atoms with Crippen molar-refractivity contribution in [2.75, 3.05) is 11.5 Å². The standard InChI is InChI=1S/C26H20N2O5S/c1-17(29)16-32-20-11-7-18(8-12-20)15-23-24(30)27-26(34)28(25(23)31)19-9-13-22(14-10-19)33-21-5-3-2-4-6-21/h2-15H,16H2,1H3,(H,27,30,34). The summed E-state index contributed by atoms with van der Waals surface area (Å²) >= 11 is 5.26. The van der Waals surface area contributed by atoms with E-state index >= 15 is 0 Å². The number of Topliss-reactive ketones (excluding diaryl/α,β-unsaturated/α-hetero) is 1. The lowest BCUT2D eigenvalue weighted by atomic mass is 10.1. The van der Waals surface area contributed by atoms with Crippen LogP contribution in [0.15, 0.2) is 84.4 Å². The van der Waals surface area contributed by atoms with E-state index in [-0.39, 0.29) is 23.1 Å². The van der Waals surface area contributed by atoms with Crippen LogP contribution in [0.2, 0.25) is 0 Å². The van der Waals surface area contributed by atoms with Crippen LogP contribution >= 0.6 is 12.2 Å². The smallest absolute Gasteiger partial charge is 0.270 e. The van der Waals surface area contributed by atoms with Crippen LogP contribution in [0.4, 0.5) is 5.69 Å². The Kier molecular flexibility index (Phi) is 6.79. The van der Waals surface area contributed by atoms with E-state index in [1.807, 2.05) is 30.3 Å². The third-order valence-electron chi connectivity index (χ3n) is 4.81. The van der Waals surface area contributed by atoms with Crippen molar-refractivity contribution >= 4 is 46.7 Å². The summed E-state index contributed by atoms with van der Waals surface area (Å²) in [6.45, 7) is 1.41. The van der Waals surface area contributed by atoms with Gasteiger partial charge in [0.2, 0.25) is 0 Å². The van der Waals surface area contributed by atoms with Crippen LogP contribution in [-0.4, -0.2) is 29.3 Å². The number of ether oxygens (including phenoxy) is 2. The molecule has 0 spiro atoms. The molecule has 3 aromatic carbocycles. The molecule has 0 saturated carbocycles. The highest BCUT2D eigenvalue weighted by Gasteiger charge is 2.34. The summed E-state index contributed by atoms with van der Waals surface area (Å²) in [4.78, 5) is 38.0. The van der Waals surface area contributed by atoms with E-state index in [0.29, 0.717) is 28.5 Å². The van der Waals surface area contributed by atoms with Gasteiger partial charge in [-0.2, -0.15) is 0 Å². The number of nitrogens with zero attached hydrogens (tertiary/aromatic N) is 1. The number of para-hydroxylation sites is 1. The van der Waals surface area contributed by atoms with Crippen molar-refractivity contribution in [3.8, 4) is 17.2 Å². The number of hydrogen-bond acceptors (Lipinski definition) is 6. The van der Waals surface area contributed by atoms with Crippen LogP contribution in [0.3, 0.4) is 0 Å². The Morgan fingerprint density at radius 1 is 0.912 bits per heavy atom. The molecule has 0 aromatic heterocycles. The molecule has 34 heavy (non-hydrogen) atoms. The fraction of sp³-hybridized carbons (Fsp3) is 0.0769. The second kappa shape index (κ2) is 10.1. The lowest BCUT2D eigenvalue weighted by Crippen LogP contribution is -2.54. The number of benzene rings is 3. The molecule has 1 aliphatic heterocycles. The van der Waals surface area contributed by atoms with Gasteiger partial charge in [-0.15, -0.1) is 0 Å². The normalized spacial score (nSPS) is 14.7. The van der Waals surface area contributed by atoms with Gasteiger partial charge in [-0.25, -0.2) is 0 Å². The Balaban J connectivity index is 1.53. The number of carbonyl (C=O) groups is 3. The van der Waals surface area contributed by atoms with E-state index < -0.39 is 11.8 Å². The second-order valence-corrected chi connectivity index (χ2v) is 7.81. The minimum absolute atomic E-state index is 0.00291. The Labute approximate surface area is 201 Å². The van der Waals surface area contributed by atoms with Gasteiger partial charge in [0.05, 0.1) is 5.69 Å². The van der Waals surface area contributed by atoms with E-state index in [1.54, 1.807) is 48.5 Å². The van der Waals surface area contributed by atoms with Crippen molar-refractivity contribution in [1.29, 1.82) is 0 Å². The van der Waals surface area contributed by atoms with Gasteiger partial charge in [0.1, 0.15) is 29.4 Å². The third-order valence-corrected chi connectivity index (χ3v) is 5.09. The number of ketones is 1. The van der Waals surface area contributed by atoms with E-state index in [4.69, 9.17) is 21.7 Å². The maximum Gasteiger partial charge on any atom is 0.270 e. The van der Waals surface area contributed by atoms with E-state index in [9.17, 15) is 14.4 Å². The summed E-state index contributed by atoms with van der Waals surface area (Å²) in [6.07, 6.45) is 1.48. The van der Waals surface area contributed by atoms with Crippen LogP contribution in [0.1, 0.15) is 12.5 Å². The summed E-state index contributed by atoms with van der Waals surface area (Å²) in [6, 6.07) is 22.9. The first-order valence-corrected chi connectivity index (χ1v) is 10.8. The molecule has 170 valence electrons. The van der Waals surface area contributed by atoms with Gasteiger partial charge in [-0.3, -0.25) is 24.6 Å². The van der Waals surface area contributed by atoms with Crippen molar-refractivity contribution in [2.24, 2.45) is 0 Å². The van der Waals surface area contributed by atoms with Gasteiger partial charge >= 0.3 is 0 Å². The largest absolute Gasteiger partial charge is 0.486 e. The zero-order valence-corrected chi connectivity index (χ0v) is 19.0. The molecule has 0 atom stereocenters. The third kappa shape index (κ3) is 5.36. The van der Waals surface area contributed by atoms with Crippen molar-refractivity contribution < 1.29 is 23.9 Å². The summed E-state index contributed by atoms with van der Waals surface area (Å²) in [5, 5.41) is 2.56. The summed E-state index contributed by atoms with van der Waals surface area (Å²) in [5.74, 6) is 0.588. The minimum Gasteiger partial charge on any atom is -0.486 e. The molecule has 1 heterocycles. The molecule has 1 fully saturated rings. The fourth-order valence-electron chi connectivity index (χ4n) is 3.19. The molecule has 1 aliphatic rings. The zero-order valence-electron chi connectivity index (χ0n) is 18.2. The number of amides is 2. The summed E-state index contributed by atoms with van der Waals surface area (Å²) in [5.41, 5.74) is 1.05. The predicted octanol–water partition coefficient (Wildman–Crippen LogP) is 4.28. The lowest BCUT2D eigenvalue weighted by molar-refractivity contribution is -0.122. The van der Waals surface area contributed by atoms with Crippen LogP contribution in [0.25, 0.3) is 6.08 Å². The van der Waals surface area contributed by atoms with Crippen LogP contribution in [0, 0.1) is 0 Å². The van der Waals surface area contributed by atoms with E-state index in [0.717, 1.165) is 0 Å². The molecule has 0 unspecified atom stereocenters. The Bertz CT molecular complexity index is 1270. The van der Waals surface area contributed by atoms with Crippen LogP contribution in [0.5, 0.6) is 17.2 Å². The summed E-state index contributed by atoms with van der Waals surface area (Å²) in [7, 11) is 0. The number of hydrogen-bond donors (Lipinski definition) is 1. The van der Waals surface area contributed by atoms with Gasteiger partial charge in [0.15, 0.2) is 10.9 Å². The predicted molar refractivity (Wildman–Crippen MR) is 132 cm³/mol. The summed E-state index contributed by atoms with van der Waals surface area (Å²) < 4.78 is 11.1. The first-order chi connectivity index (χ1) is 16.4. The highest BCUT2D eigenvalue weighted by Crippen LogP contribution is 2.27. The van der Waals surface area contributed by atoms with Crippen LogP contribution < -0.4 is 19.7 Å². The molecule has 8 heteroatoms. The lowest BCUT2D eigenvalue weighted by Gasteiger charge is -2.29. The number of rotatable bonds is 7. The maximum atomic E-state index is 13.2. The van der Waals surface area contributed by atoms with Crippen molar-refractivity contribution in [1.82, 2.24) is 5.32 Å². The molecule has 0 aliphatic carbocycles. The van der Waals surface area contributed by atoms with Gasteiger partial charge in [0.25, 0.3) is 11.8 Å². The molecule has 1 N–H and O–H groups in total. The number of thiocarbonyl (C=S) groups is 1. The van der Waals surface area contributed by atoms with E-state index in [1.165, 1.54) is 17.9 Å². The number of carbonyl (C=O) groups excluding carboxylic acids is 3. The number of nitrogens with one attached hydrogen (secondary N) is 1. The molecular weight excluding hydrogens is 452 g/mol. The first-order valence-electron chi connectivity index (χ1n) is 10.4. The maximum absolute atomic E-state index is 13.2. The van der Waals surface area contributed by atoms with Gasteiger partial charge in [-0.05, 0) is 79.3 Å². The van der Waals surface area contributed by atoms with Gasteiger partial charge in [-0.1, -0.05) is 30.3 Å². The molecule has 7 nitrogen and oxygen atoms in total. The Hall–Kier alpha value is -4.30. The Morgan fingerprint density at radius 3 is 2.18 bits per heavy atom. The topological polar surface area (TPSA) is 84.9 Å². The molecule has 3 aromatic rings. The Morgan fingerprint density at radius 2 is 1.53 bits per heavy atom. The average Bonchev–Trinajstić information content (AvgIpc) is 2.83. The van der Waals surface area contributed by atoms with Crippen LogP contribution in [-0.2, 0) is 14.4 Å². The highest BCUT2D eigenvalue weighted by molar-refractivity contribution is 7.80. The first kappa shape index (κ1) is 22.9. The van der Waals surface area contributed by atoms with Crippen molar-refractivity contribution in [3.63, 3.8) is 0 Å². The van der Waals surface area contributed by atoms with Gasteiger partial charge < -0.3 is 9.47 Å². The molecule has 2 amide bonds. The quantitative estimate of drug-likeness (QED) is 0.314. The fourth-order valence-corrected chi connectivity index (χ4v) is 3.47. The van der Waals surface area contributed by atoms with Crippen molar-refractivity contribution in [2.45, 2.75) is 6.92 Å². The molecule has 0 bridgehead atoms. The van der Waals surface area contributed by atoms with E-state index in [2.05, 4.69) is 5.32 Å². The number of anilines is 1.